The molecule has 3 heteroatoms. The third-order valence-electron chi connectivity index (χ3n) is 2.90. The van der Waals surface area contributed by atoms with Crippen molar-refractivity contribution < 1.29 is 5.11 Å². The van der Waals surface area contributed by atoms with Crippen LogP contribution in [0.3, 0.4) is 0 Å². The number of amidine groups is 1. The Morgan fingerprint density at radius 3 is 3.00 bits per heavy atom. The number of benzene rings is 1. The van der Waals surface area contributed by atoms with Crippen LogP contribution in [0.1, 0.15) is 17.5 Å². The van der Waals surface area contributed by atoms with Crippen LogP contribution in [0.5, 0.6) is 5.75 Å². The molecule has 1 aromatic carbocycles. The van der Waals surface area contributed by atoms with E-state index in [1.54, 1.807) is 6.07 Å². The smallest absolute Gasteiger partial charge is 0.119 e. The molecule has 2 rings (SSSR count). The minimum Gasteiger partial charge on any atom is -0.508 e. The zero-order chi connectivity index (χ0) is 10.1. The van der Waals surface area contributed by atoms with E-state index in [4.69, 9.17) is 11.1 Å². The van der Waals surface area contributed by atoms with Crippen molar-refractivity contribution in [2.75, 3.05) is 0 Å². The molecule has 0 amide bonds. The van der Waals surface area contributed by atoms with Crippen LogP contribution < -0.4 is 5.73 Å². The average Bonchev–Trinajstić information content (AvgIpc) is 2.17. The molecule has 0 aliphatic heterocycles. The molecule has 74 valence electrons. The molecule has 0 aromatic heterocycles. The lowest BCUT2D eigenvalue weighted by Crippen LogP contribution is -2.28. The van der Waals surface area contributed by atoms with Crippen LogP contribution in [0.2, 0.25) is 0 Å². The summed E-state index contributed by atoms with van der Waals surface area (Å²) in [4.78, 5) is 0. The van der Waals surface area contributed by atoms with Gasteiger partial charge < -0.3 is 10.8 Å². The van der Waals surface area contributed by atoms with E-state index in [1.165, 1.54) is 0 Å². The summed E-state index contributed by atoms with van der Waals surface area (Å²) in [7, 11) is 0. The average molecular weight is 190 g/mol. The normalized spacial score (nSPS) is 20.1. The number of hydrogen-bond donors (Lipinski definition) is 3. The van der Waals surface area contributed by atoms with Crippen molar-refractivity contribution in [3.05, 3.63) is 29.3 Å². The third kappa shape index (κ3) is 1.45. The predicted octanol–water partition coefficient (Wildman–Crippen LogP) is 1.43. The van der Waals surface area contributed by atoms with Crippen LogP contribution in [-0.2, 0) is 12.8 Å². The maximum absolute atomic E-state index is 9.60. The Labute approximate surface area is 83.1 Å². The van der Waals surface area contributed by atoms with Crippen molar-refractivity contribution in [2.24, 2.45) is 11.7 Å². The largest absolute Gasteiger partial charge is 0.508 e. The zero-order valence-electron chi connectivity index (χ0n) is 7.96. The van der Waals surface area contributed by atoms with Crippen LogP contribution in [-0.4, -0.2) is 10.9 Å². The van der Waals surface area contributed by atoms with Crippen molar-refractivity contribution in [1.82, 2.24) is 0 Å². The molecule has 1 aromatic rings. The summed E-state index contributed by atoms with van der Waals surface area (Å²) in [5, 5.41) is 17.0. The van der Waals surface area contributed by atoms with Gasteiger partial charge in [-0.3, -0.25) is 5.41 Å². The molecule has 0 bridgehead atoms. The van der Waals surface area contributed by atoms with Gasteiger partial charge in [0.15, 0.2) is 0 Å². The minimum absolute atomic E-state index is 0.157. The van der Waals surface area contributed by atoms with Gasteiger partial charge in [-0.15, -0.1) is 0 Å². The first kappa shape index (κ1) is 9.06. The molecule has 0 spiro atoms. The molecule has 0 heterocycles. The van der Waals surface area contributed by atoms with Gasteiger partial charge in [0.25, 0.3) is 0 Å². The Bertz CT molecular complexity index is 374. The summed E-state index contributed by atoms with van der Waals surface area (Å²) in [6.45, 7) is 0. The number of phenols is 1. The highest BCUT2D eigenvalue weighted by molar-refractivity contribution is 5.80. The van der Waals surface area contributed by atoms with E-state index >= 15 is 0 Å². The fourth-order valence-corrected chi connectivity index (χ4v) is 2.05. The lowest BCUT2D eigenvalue weighted by atomic mass is 9.83. The van der Waals surface area contributed by atoms with Gasteiger partial charge in [-0.05, 0) is 36.5 Å². The van der Waals surface area contributed by atoms with E-state index in [-0.39, 0.29) is 11.8 Å². The summed E-state index contributed by atoms with van der Waals surface area (Å²) in [5.74, 6) is 0.799. The fourth-order valence-electron chi connectivity index (χ4n) is 2.05. The quantitative estimate of drug-likeness (QED) is 0.463. The van der Waals surface area contributed by atoms with Crippen molar-refractivity contribution in [2.45, 2.75) is 19.3 Å². The molecule has 1 aliphatic rings. The van der Waals surface area contributed by atoms with Gasteiger partial charge in [0.2, 0.25) is 0 Å². The minimum atomic E-state index is 0.157. The summed E-state index contributed by atoms with van der Waals surface area (Å²) < 4.78 is 0. The monoisotopic (exact) mass is 190 g/mol. The van der Waals surface area contributed by atoms with E-state index < -0.39 is 0 Å². The Hall–Kier alpha value is -1.51. The second-order valence-electron chi connectivity index (χ2n) is 3.81. The van der Waals surface area contributed by atoms with Crippen LogP contribution in [0.25, 0.3) is 0 Å². The molecule has 14 heavy (non-hydrogen) atoms. The predicted molar refractivity (Wildman–Crippen MR) is 55.5 cm³/mol. The number of nitrogens with one attached hydrogen (secondary N) is 1. The van der Waals surface area contributed by atoms with Crippen molar-refractivity contribution in [3.63, 3.8) is 0 Å². The Kier molecular flexibility index (Phi) is 2.15. The van der Waals surface area contributed by atoms with Gasteiger partial charge in [-0.1, -0.05) is 12.1 Å². The molecule has 0 fully saturated rings. The van der Waals surface area contributed by atoms with E-state index in [9.17, 15) is 5.11 Å². The summed E-state index contributed by atoms with van der Waals surface area (Å²) in [6.07, 6.45) is 2.49. The molecule has 0 saturated carbocycles. The highest BCUT2D eigenvalue weighted by Gasteiger charge is 2.22. The Morgan fingerprint density at radius 2 is 2.29 bits per heavy atom. The molecule has 1 atom stereocenters. The molecule has 1 unspecified atom stereocenters. The second-order valence-corrected chi connectivity index (χ2v) is 3.81. The second kappa shape index (κ2) is 3.33. The van der Waals surface area contributed by atoms with Crippen LogP contribution in [0.4, 0.5) is 0 Å². The van der Waals surface area contributed by atoms with Gasteiger partial charge in [0.1, 0.15) is 5.75 Å². The van der Waals surface area contributed by atoms with E-state index in [1.807, 2.05) is 12.1 Å². The number of phenolic OH excluding ortho intramolecular Hbond substituents is 1. The lowest BCUT2D eigenvalue weighted by molar-refractivity contribution is 0.456. The number of hydrogen-bond acceptors (Lipinski definition) is 2. The molecule has 1 aliphatic carbocycles. The summed E-state index contributed by atoms with van der Waals surface area (Å²) in [6, 6.07) is 5.56. The number of fused-ring (bicyclic) bond motifs is 1. The number of nitrogens with two attached hydrogens (primary N) is 1. The number of aromatic hydroxyl groups is 1. The van der Waals surface area contributed by atoms with Crippen LogP contribution >= 0.6 is 0 Å². The highest BCUT2D eigenvalue weighted by atomic mass is 16.3. The first-order valence-electron chi connectivity index (χ1n) is 4.82. The van der Waals surface area contributed by atoms with Gasteiger partial charge in [-0.25, -0.2) is 0 Å². The molecule has 3 nitrogen and oxygen atoms in total. The van der Waals surface area contributed by atoms with Crippen LogP contribution in [0.15, 0.2) is 18.2 Å². The first-order chi connectivity index (χ1) is 6.68. The van der Waals surface area contributed by atoms with E-state index in [0.717, 1.165) is 30.4 Å². The van der Waals surface area contributed by atoms with Gasteiger partial charge >= 0.3 is 0 Å². The number of rotatable bonds is 1. The molecular weight excluding hydrogens is 176 g/mol. The first-order valence-corrected chi connectivity index (χ1v) is 4.82. The summed E-state index contributed by atoms with van der Waals surface area (Å²) >= 11 is 0. The topological polar surface area (TPSA) is 70.1 Å². The standard InChI is InChI=1S/C11H14N2O/c12-11(13)8-4-5-9-7(6-8)2-1-3-10(9)14/h1-3,8,14H,4-6H2,(H3,12,13). The Balaban J connectivity index is 2.31. The molecular formula is C11H14N2O. The highest BCUT2D eigenvalue weighted by Crippen LogP contribution is 2.31. The lowest BCUT2D eigenvalue weighted by Gasteiger charge is -2.23. The maximum atomic E-state index is 9.60. The fraction of sp³-hybridized carbons (Fsp3) is 0.364. The van der Waals surface area contributed by atoms with E-state index in [0.29, 0.717) is 5.75 Å². The van der Waals surface area contributed by atoms with Crippen LogP contribution in [0, 0.1) is 11.3 Å². The van der Waals surface area contributed by atoms with Crippen molar-refractivity contribution >= 4 is 5.84 Å². The SMILES string of the molecule is N=C(N)C1CCc2c(O)cccc2C1. The van der Waals surface area contributed by atoms with Gasteiger partial charge in [-0.2, -0.15) is 0 Å². The van der Waals surface area contributed by atoms with Crippen molar-refractivity contribution in [1.29, 1.82) is 5.41 Å². The molecule has 0 radical (unpaired) electrons. The van der Waals surface area contributed by atoms with Gasteiger partial charge in [0.05, 0.1) is 5.84 Å². The van der Waals surface area contributed by atoms with Gasteiger partial charge in [0, 0.05) is 5.92 Å². The third-order valence-corrected chi connectivity index (χ3v) is 2.90. The van der Waals surface area contributed by atoms with E-state index in [2.05, 4.69) is 0 Å². The van der Waals surface area contributed by atoms with Crippen molar-refractivity contribution in [3.8, 4) is 5.75 Å². The Morgan fingerprint density at radius 1 is 1.50 bits per heavy atom. The summed E-state index contributed by atoms with van der Waals surface area (Å²) in [5.41, 5.74) is 7.65. The zero-order valence-corrected chi connectivity index (χ0v) is 7.96. The molecule has 0 saturated heterocycles. The maximum Gasteiger partial charge on any atom is 0.119 e. The molecule has 4 N–H and O–H groups in total.